The summed E-state index contributed by atoms with van der Waals surface area (Å²) in [5.41, 5.74) is 1.17. The summed E-state index contributed by atoms with van der Waals surface area (Å²) in [4.78, 5) is 10.7. The standard InChI is InChI=1S/C23H36N2O5S/c1-17(2)31(27,28)25-21-7-5-13-24-22(21)16-30-19-11-9-18(10-12-19)20-6-3-4-8-23(20)29-15-14-26/h3-4,6,8,14,17-19,21-22,24-25H,5,7,9-13,15-16H2,1-2H3/t18-,19+,21-,22-/m0/s1. The van der Waals surface area contributed by atoms with E-state index in [1.807, 2.05) is 18.2 Å². The van der Waals surface area contributed by atoms with Gasteiger partial charge < -0.3 is 14.8 Å². The first kappa shape index (κ1) is 24.2. The second-order valence-corrected chi connectivity index (χ2v) is 11.1. The second kappa shape index (κ2) is 11.4. The van der Waals surface area contributed by atoms with E-state index in [1.54, 1.807) is 13.8 Å². The predicted molar refractivity (Wildman–Crippen MR) is 121 cm³/mol. The summed E-state index contributed by atoms with van der Waals surface area (Å²) in [5, 5.41) is 2.99. The summed E-state index contributed by atoms with van der Waals surface area (Å²) in [5.74, 6) is 1.20. The molecule has 8 heteroatoms. The molecule has 2 fully saturated rings. The molecule has 7 nitrogen and oxygen atoms in total. The van der Waals surface area contributed by atoms with E-state index in [9.17, 15) is 13.2 Å². The summed E-state index contributed by atoms with van der Waals surface area (Å²) in [7, 11) is -3.30. The Balaban J connectivity index is 1.50. The third-order valence-corrected chi connectivity index (χ3v) is 8.24. The molecule has 2 atom stereocenters. The zero-order chi connectivity index (χ0) is 22.3. The van der Waals surface area contributed by atoms with E-state index in [2.05, 4.69) is 16.1 Å². The number of para-hydroxylation sites is 1. The van der Waals surface area contributed by atoms with Crippen molar-refractivity contribution in [2.24, 2.45) is 0 Å². The van der Waals surface area contributed by atoms with Gasteiger partial charge in [-0.1, -0.05) is 18.2 Å². The molecule has 0 radical (unpaired) electrons. The zero-order valence-corrected chi connectivity index (χ0v) is 19.4. The van der Waals surface area contributed by atoms with Crippen molar-refractivity contribution in [3.05, 3.63) is 29.8 Å². The lowest BCUT2D eigenvalue weighted by Crippen LogP contribution is -2.56. The van der Waals surface area contributed by atoms with Crippen LogP contribution in [0.15, 0.2) is 24.3 Å². The highest BCUT2D eigenvalue weighted by Crippen LogP contribution is 2.38. The van der Waals surface area contributed by atoms with Gasteiger partial charge >= 0.3 is 0 Å². The van der Waals surface area contributed by atoms with Crippen LogP contribution in [0.2, 0.25) is 0 Å². The summed E-state index contributed by atoms with van der Waals surface area (Å²) < 4.78 is 39.3. The average Bonchev–Trinajstić information content (AvgIpc) is 2.77. The highest BCUT2D eigenvalue weighted by atomic mass is 32.2. The van der Waals surface area contributed by atoms with Crippen LogP contribution in [0.1, 0.15) is 63.9 Å². The van der Waals surface area contributed by atoms with Gasteiger partial charge in [0.25, 0.3) is 0 Å². The van der Waals surface area contributed by atoms with Crippen LogP contribution in [-0.2, 0) is 19.6 Å². The summed E-state index contributed by atoms with van der Waals surface area (Å²) in [6.45, 7) is 4.87. The summed E-state index contributed by atoms with van der Waals surface area (Å²) in [6.07, 6.45) is 6.68. The van der Waals surface area contributed by atoms with Crippen molar-refractivity contribution in [2.45, 2.75) is 81.7 Å². The Morgan fingerprint density at radius 2 is 1.90 bits per heavy atom. The van der Waals surface area contributed by atoms with Crippen LogP contribution in [0.5, 0.6) is 5.75 Å². The monoisotopic (exact) mass is 452 g/mol. The first-order valence-electron chi connectivity index (χ1n) is 11.4. The molecule has 1 heterocycles. The van der Waals surface area contributed by atoms with Crippen molar-refractivity contribution in [3.63, 3.8) is 0 Å². The summed E-state index contributed by atoms with van der Waals surface area (Å²) in [6, 6.07) is 7.83. The van der Waals surface area contributed by atoms with E-state index in [4.69, 9.17) is 9.47 Å². The lowest BCUT2D eigenvalue weighted by molar-refractivity contribution is -0.109. The molecule has 1 aliphatic carbocycles. The van der Waals surface area contributed by atoms with Crippen LogP contribution in [0.3, 0.4) is 0 Å². The van der Waals surface area contributed by atoms with Gasteiger partial charge in [-0.05, 0) is 76.5 Å². The predicted octanol–water partition coefficient (Wildman–Crippen LogP) is 2.76. The molecule has 1 aliphatic heterocycles. The molecule has 0 spiro atoms. The molecule has 0 amide bonds. The third-order valence-electron chi connectivity index (χ3n) is 6.37. The van der Waals surface area contributed by atoms with Gasteiger partial charge in [0, 0.05) is 12.1 Å². The van der Waals surface area contributed by atoms with Gasteiger partial charge in [0.15, 0.2) is 6.29 Å². The van der Waals surface area contributed by atoms with Crippen molar-refractivity contribution in [1.29, 1.82) is 0 Å². The van der Waals surface area contributed by atoms with E-state index in [0.29, 0.717) is 12.5 Å². The number of sulfonamides is 1. The first-order valence-corrected chi connectivity index (χ1v) is 13.0. The number of benzene rings is 1. The maximum Gasteiger partial charge on any atom is 0.214 e. The molecule has 2 aliphatic rings. The van der Waals surface area contributed by atoms with Gasteiger partial charge in [0.1, 0.15) is 12.4 Å². The van der Waals surface area contributed by atoms with Crippen molar-refractivity contribution < 1.29 is 22.7 Å². The van der Waals surface area contributed by atoms with Gasteiger partial charge in [-0.15, -0.1) is 0 Å². The van der Waals surface area contributed by atoms with Crippen molar-refractivity contribution >= 4 is 16.3 Å². The largest absolute Gasteiger partial charge is 0.486 e. The van der Waals surface area contributed by atoms with E-state index in [0.717, 1.165) is 57.1 Å². The Morgan fingerprint density at radius 1 is 1.16 bits per heavy atom. The Labute approximate surface area is 186 Å². The van der Waals surface area contributed by atoms with Crippen molar-refractivity contribution in [2.75, 3.05) is 19.8 Å². The van der Waals surface area contributed by atoms with Crippen LogP contribution in [0.25, 0.3) is 0 Å². The number of nitrogens with one attached hydrogen (secondary N) is 2. The Bertz CT molecular complexity index is 806. The summed E-state index contributed by atoms with van der Waals surface area (Å²) >= 11 is 0. The number of carbonyl (C=O) groups is 1. The number of hydrogen-bond donors (Lipinski definition) is 2. The fraction of sp³-hybridized carbons (Fsp3) is 0.696. The fourth-order valence-electron chi connectivity index (χ4n) is 4.47. The number of piperidine rings is 1. The Kier molecular flexibility index (Phi) is 8.89. The molecule has 31 heavy (non-hydrogen) atoms. The lowest BCUT2D eigenvalue weighted by atomic mass is 9.82. The SMILES string of the molecule is CC(C)S(=O)(=O)N[C@H]1CCCN[C@H]1CO[C@H]1CC[C@@H](c2ccccc2OCC=O)CC1. The Morgan fingerprint density at radius 3 is 2.61 bits per heavy atom. The minimum atomic E-state index is -3.30. The maximum absolute atomic E-state index is 12.3. The first-order chi connectivity index (χ1) is 14.9. The molecule has 1 aromatic rings. The van der Waals surface area contributed by atoms with Crippen LogP contribution >= 0.6 is 0 Å². The molecule has 0 aromatic heterocycles. The van der Waals surface area contributed by atoms with Crippen molar-refractivity contribution in [3.8, 4) is 5.75 Å². The van der Waals surface area contributed by atoms with E-state index >= 15 is 0 Å². The van der Waals surface area contributed by atoms with Crippen LogP contribution in [0.4, 0.5) is 0 Å². The topological polar surface area (TPSA) is 93.7 Å². The highest BCUT2D eigenvalue weighted by molar-refractivity contribution is 7.90. The molecule has 1 aromatic carbocycles. The fourth-order valence-corrected chi connectivity index (χ4v) is 5.45. The van der Waals surface area contributed by atoms with Gasteiger partial charge in [-0.25, -0.2) is 13.1 Å². The second-order valence-electron chi connectivity index (χ2n) is 8.84. The zero-order valence-electron chi connectivity index (χ0n) is 18.6. The third kappa shape index (κ3) is 6.75. The van der Waals surface area contributed by atoms with Gasteiger partial charge in [-0.2, -0.15) is 0 Å². The van der Waals surface area contributed by atoms with Crippen LogP contribution in [-0.4, -0.2) is 57.9 Å². The molecule has 3 rings (SSSR count). The molecule has 2 N–H and O–H groups in total. The van der Waals surface area contributed by atoms with Gasteiger partial charge in [0.05, 0.1) is 18.0 Å². The van der Waals surface area contributed by atoms with Crippen molar-refractivity contribution in [1.82, 2.24) is 10.0 Å². The number of carbonyl (C=O) groups excluding carboxylic acids is 1. The van der Waals surface area contributed by atoms with E-state index in [1.165, 1.54) is 5.56 Å². The Hall–Kier alpha value is -1.48. The van der Waals surface area contributed by atoms with Gasteiger partial charge in [-0.3, -0.25) is 4.79 Å². The van der Waals surface area contributed by atoms with Gasteiger partial charge in [0.2, 0.25) is 10.0 Å². The highest BCUT2D eigenvalue weighted by Gasteiger charge is 2.31. The number of rotatable bonds is 10. The molecular formula is C23H36N2O5S. The quantitative estimate of drug-likeness (QED) is 0.530. The average molecular weight is 453 g/mol. The molecule has 0 unspecified atom stereocenters. The normalized spacial score (nSPS) is 27.2. The lowest BCUT2D eigenvalue weighted by Gasteiger charge is -2.35. The molecule has 174 valence electrons. The van der Waals surface area contributed by atoms with E-state index in [-0.39, 0.29) is 24.8 Å². The number of aldehydes is 1. The maximum atomic E-state index is 12.3. The number of ether oxygens (including phenoxy) is 2. The van der Waals surface area contributed by atoms with E-state index < -0.39 is 15.3 Å². The number of hydrogen-bond acceptors (Lipinski definition) is 6. The minimum absolute atomic E-state index is 0.00235. The molecule has 1 saturated carbocycles. The minimum Gasteiger partial charge on any atom is -0.486 e. The molecule has 1 saturated heterocycles. The molecular weight excluding hydrogens is 416 g/mol. The van der Waals surface area contributed by atoms with Crippen LogP contribution in [0, 0.1) is 0 Å². The molecule has 0 bridgehead atoms. The van der Waals surface area contributed by atoms with Crippen LogP contribution < -0.4 is 14.8 Å². The smallest absolute Gasteiger partial charge is 0.214 e.